The first-order chi connectivity index (χ1) is 9.01. The van der Waals surface area contributed by atoms with Gasteiger partial charge in [-0.2, -0.15) is 0 Å². The van der Waals surface area contributed by atoms with Gasteiger partial charge < -0.3 is 10.5 Å². The van der Waals surface area contributed by atoms with Crippen LogP contribution in [-0.2, 0) is 4.74 Å². The molecule has 5 heteroatoms. The summed E-state index contributed by atoms with van der Waals surface area (Å²) in [5.41, 5.74) is 7.11. The van der Waals surface area contributed by atoms with E-state index in [-0.39, 0.29) is 6.04 Å². The minimum Gasteiger partial charge on any atom is -0.383 e. The molecule has 0 aliphatic heterocycles. The zero-order valence-electron chi connectivity index (χ0n) is 11.7. The van der Waals surface area contributed by atoms with Gasteiger partial charge in [-0.3, -0.25) is 4.90 Å². The van der Waals surface area contributed by atoms with E-state index in [0.717, 1.165) is 21.6 Å². The van der Waals surface area contributed by atoms with E-state index in [1.165, 1.54) is 0 Å². The predicted molar refractivity (Wildman–Crippen MR) is 84.7 cm³/mol. The Kier molecular flexibility index (Phi) is 7.32. The maximum absolute atomic E-state index is 6.10. The lowest BCUT2D eigenvalue weighted by atomic mass is 10.0. The molecule has 1 aromatic rings. The number of nitrogens with two attached hydrogens (primary N) is 1. The largest absolute Gasteiger partial charge is 0.383 e. The van der Waals surface area contributed by atoms with Crippen molar-refractivity contribution in [2.24, 2.45) is 5.73 Å². The molecule has 0 aromatic heterocycles. The van der Waals surface area contributed by atoms with E-state index in [9.17, 15) is 0 Å². The third-order valence-electron chi connectivity index (χ3n) is 3.16. The lowest BCUT2D eigenvalue weighted by Gasteiger charge is -2.35. The molecule has 0 spiro atoms. The summed E-state index contributed by atoms with van der Waals surface area (Å²) in [6.45, 7) is 6.40. The van der Waals surface area contributed by atoms with Gasteiger partial charge in [-0.25, -0.2) is 0 Å². The van der Waals surface area contributed by atoms with Crippen molar-refractivity contribution >= 4 is 27.5 Å². The minimum absolute atomic E-state index is 0.128. The summed E-state index contributed by atoms with van der Waals surface area (Å²) >= 11 is 9.69. The molecule has 0 amide bonds. The Hall–Kier alpha value is -0.130. The van der Waals surface area contributed by atoms with Crippen molar-refractivity contribution in [3.05, 3.63) is 33.3 Å². The van der Waals surface area contributed by atoms with Crippen molar-refractivity contribution in [3.63, 3.8) is 0 Å². The first-order valence-electron chi connectivity index (χ1n) is 6.41. The smallest absolute Gasteiger partial charge is 0.0590 e. The van der Waals surface area contributed by atoms with E-state index in [4.69, 9.17) is 22.1 Å². The minimum atomic E-state index is 0.128. The van der Waals surface area contributed by atoms with Crippen LogP contribution in [0.1, 0.15) is 25.5 Å². The van der Waals surface area contributed by atoms with Crippen LogP contribution >= 0.6 is 27.5 Å². The maximum atomic E-state index is 6.10. The molecule has 1 atom stereocenters. The number of ether oxygens (including phenoxy) is 1. The van der Waals surface area contributed by atoms with E-state index < -0.39 is 0 Å². The summed E-state index contributed by atoms with van der Waals surface area (Å²) < 4.78 is 6.22. The monoisotopic (exact) mass is 348 g/mol. The van der Waals surface area contributed by atoms with E-state index in [1.54, 1.807) is 7.11 Å². The number of benzene rings is 1. The highest BCUT2D eigenvalue weighted by molar-refractivity contribution is 9.10. The molecule has 0 aliphatic carbocycles. The predicted octanol–water partition coefficient (Wildman–Crippen LogP) is 3.46. The van der Waals surface area contributed by atoms with Crippen molar-refractivity contribution in [3.8, 4) is 0 Å². The Balaban J connectivity index is 3.04. The second kappa shape index (κ2) is 8.22. The molecule has 2 N–H and O–H groups in total. The van der Waals surface area contributed by atoms with Crippen LogP contribution in [0.5, 0.6) is 0 Å². The fourth-order valence-electron chi connectivity index (χ4n) is 2.18. The van der Waals surface area contributed by atoms with Crippen molar-refractivity contribution in [1.29, 1.82) is 0 Å². The van der Waals surface area contributed by atoms with E-state index in [0.29, 0.717) is 19.2 Å². The Morgan fingerprint density at radius 2 is 2.11 bits per heavy atom. The highest BCUT2D eigenvalue weighted by Crippen LogP contribution is 2.30. The molecule has 1 aromatic carbocycles. The summed E-state index contributed by atoms with van der Waals surface area (Å²) in [6, 6.07) is 6.33. The van der Waals surface area contributed by atoms with Gasteiger partial charge in [-0.15, -0.1) is 0 Å². The Labute approximate surface area is 129 Å². The SMILES string of the molecule is COCCN(C(C)C)C(CN)c1cc(Cl)ccc1Br. The van der Waals surface area contributed by atoms with Gasteiger partial charge in [0, 0.05) is 41.8 Å². The second-order valence-electron chi connectivity index (χ2n) is 4.74. The topological polar surface area (TPSA) is 38.5 Å². The number of hydrogen-bond donors (Lipinski definition) is 1. The number of nitrogens with zero attached hydrogens (tertiary/aromatic N) is 1. The molecule has 0 aliphatic rings. The van der Waals surface area contributed by atoms with Crippen molar-refractivity contribution < 1.29 is 4.74 Å². The summed E-state index contributed by atoms with van der Waals surface area (Å²) in [6.07, 6.45) is 0. The Morgan fingerprint density at radius 3 is 2.63 bits per heavy atom. The van der Waals surface area contributed by atoms with Gasteiger partial charge >= 0.3 is 0 Å². The van der Waals surface area contributed by atoms with Crippen LogP contribution in [0.15, 0.2) is 22.7 Å². The third kappa shape index (κ3) is 4.72. The molecule has 0 fully saturated rings. The molecule has 1 rings (SSSR count). The molecular formula is C14H22BrClN2O. The molecular weight excluding hydrogens is 328 g/mol. The second-order valence-corrected chi connectivity index (χ2v) is 6.03. The molecule has 0 radical (unpaired) electrons. The first-order valence-corrected chi connectivity index (χ1v) is 7.58. The fraction of sp³-hybridized carbons (Fsp3) is 0.571. The molecule has 0 heterocycles. The van der Waals surface area contributed by atoms with Gasteiger partial charge in [-0.05, 0) is 37.6 Å². The van der Waals surface area contributed by atoms with E-state index in [2.05, 4.69) is 34.7 Å². The molecule has 1 unspecified atom stereocenters. The molecule has 108 valence electrons. The van der Waals surface area contributed by atoms with Gasteiger partial charge in [0.15, 0.2) is 0 Å². The lowest BCUT2D eigenvalue weighted by Crippen LogP contribution is -2.40. The molecule has 0 saturated carbocycles. The maximum Gasteiger partial charge on any atom is 0.0590 e. The Morgan fingerprint density at radius 1 is 1.42 bits per heavy atom. The number of halogens is 2. The molecule has 0 bridgehead atoms. The van der Waals surface area contributed by atoms with Crippen LogP contribution in [0, 0.1) is 0 Å². The number of rotatable bonds is 7. The molecule has 3 nitrogen and oxygen atoms in total. The normalized spacial score (nSPS) is 13.3. The van der Waals surface area contributed by atoms with Gasteiger partial charge in [0.1, 0.15) is 0 Å². The zero-order valence-corrected chi connectivity index (χ0v) is 14.0. The highest BCUT2D eigenvalue weighted by atomic mass is 79.9. The summed E-state index contributed by atoms with van der Waals surface area (Å²) in [5.74, 6) is 0. The summed E-state index contributed by atoms with van der Waals surface area (Å²) in [5, 5.41) is 0.729. The van der Waals surface area contributed by atoms with Crippen LogP contribution in [0.2, 0.25) is 5.02 Å². The number of hydrogen-bond acceptors (Lipinski definition) is 3. The van der Waals surface area contributed by atoms with Crippen molar-refractivity contribution in [2.75, 3.05) is 26.8 Å². The average molecular weight is 350 g/mol. The van der Waals surface area contributed by atoms with Gasteiger partial charge in [-0.1, -0.05) is 27.5 Å². The van der Waals surface area contributed by atoms with Crippen LogP contribution in [0.3, 0.4) is 0 Å². The summed E-state index contributed by atoms with van der Waals surface area (Å²) in [4.78, 5) is 2.33. The van der Waals surface area contributed by atoms with E-state index in [1.807, 2.05) is 18.2 Å². The Bertz CT molecular complexity index is 401. The average Bonchev–Trinajstić information content (AvgIpc) is 2.37. The molecule has 19 heavy (non-hydrogen) atoms. The van der Waals surface area contributed by atoms with E-state index >= 15 is 0 Å². The van der Waals surface area contributed by atoms with Gasteiger partial charge in [0.2, 0.25) is 0 Å². The van der Waals surface area contributed by atoms with Crippen molar-refractivity contribution in [1.82, 2.24) is 4.90 Å². The lowest BCUT2D eigenvalue weighted by molar-refractivity contribution is 0.0977. The quantitative estimate of drug-likeness (QED) is 0.819. The van der Waals surface area contributed by atoms with Crippen LogP contribution in [0.25, 0.3) is 0 Å². The van der Waals surface area contributed by atoms with Crippen LogP contribution in [0.4, 0.5) is 0 Å². The molecule has 0 saturated heterocycles. The van der Waals surface area contributed by atoms with Crippen LogP contribution in [-0.4, -0.2) is 37.7 Å². The fourth-order valence-corrected chi connectivity index (χ4v) is 2.87. The van der Waals surface area contributed by atoms with Gasteiger partial charge in [0.25, 0.3) is 0 Å². The van der Waals surface area contributed by atoms with Crippen LogP contribution < -0.4 is 5.73 Å². The first kappa shape index (κ1) is 16.9. The van der Waals surface area contributed by atoms with Crippen molar-refractivity contribution in [2.45, 2.75) is 25.9 Å². The third-order valence-corrected chi connectivity index (χ3v) is 4.11. The summed E-state index contributed by atoms with van der Waals surface area (Å²) in [7, 11) is 1.71. The standard InChI is InChI=1S/C14H22BrClN2O/c1-10(2)18(6-7-19-3)14(9-17)12-8-11(16)4-5-13(12)15/h4-5,8,10,14H,6-7,9,17H2,1-3H3. The highest BCUT2D eigenvalue weighted by Gasteiger charge is 2.23. The zero-order chi connectivity index (χ0) is 14.4. The number of methoxy groups -OCH3 is 1. The van der Waals surface area contributed by atoms with Gasteiger partial charge in [0.05, 0.1) is 6.61 Å².